The van der Waals surface area contributed by atoms with Crippen LogP contribution < -0.4 is 5.32 Å². The molecule has 1 aromatic heterocycles. The monoisotopic (exact) mass is 360 g/mol. The van der Waals surface area contributed by atoms with E-state index in [1.807, 2.05) is 12.2 Å². The largest absolute Gasteiger partial charge is 0.376 e. The van der Waals surface area contributed by atoms with E-state index in [4.69, 9.17) is 16.3 Å². The Balaban J connectivity index is 1.62. The predicted octanol–water partition coefficient (Wildman–Crippen LogP) is 3.84. The molecule has 0 bridgehead atoms. The van der Waals surface area contributed by atoms with Crippen molar-refractivity contribution in [2.75, 3.05) is 13.2 Å². The van der Waals surface area contributed by atoms with Crippen LogP contribution in [0.3, 0.4) is 0 Å². The highest BCUT2D eigenvalue weighted by Gasteiger charge is 2.48. The van der Waals surface area contributed by atoms with Crippen LogP contribution in [0.15, 0.2) is 42.5 Å². The van der Waals surface area contributed by atoms with Gasteiger partial charge in [0.2, 0.25) is 0 Å². The van der Waals surface area contributed by atoms with Gasteiger partial charge in [-0.15, -0.1) is 0 Å². The normalized spacial score (nSPS) is 24.3. The Bertz CT molecular complexity index is 898. The summed E-state index contributed by atoms with van der Waals surface area (Å²) in [6, 6.07) is 4.48. The van der Waals surface area contributed by atoms with E-state index in [1.165, 1.54) is 6.07 Å². The van der Waals surface area contributed by atoms with Crippen LogP contribution in [0.25, 0.3) is 10.9 Å². The van der Waals surface area contributed by atoms with Crippen LogP contribution in [0.4, 0.5) is 4.39 Å². The summed E-state index contributed by atoms with van der Waals surface area (Å²) in [4.78, 5) is 15.6. The van der Waals surface area contributed by atoms with E-state index in [9.17, 15) is 9.18 Å². The summed E-state index contributed by atoms with van der Waals surface area (Å²) < 4.78 is 19.4. The van der Waals surface area contributed by atoms with Gasteiger partial charge in [0, 0.05) is 16.3 Å². The molecule has 4 rings (SSSR count). The molecule has 130 valence electrons. The Morgan fingerprint density at radius 3 is 2.76 bits per heavy atom. The number of carbonyl (C=O) groups is 1. The van der Waals surface area contributed by atoms with Crippen molar-refractivity contribution in [1.29, 1.82) is 0 Å². The summed E-state index contributed by atoms with van der Waals surface area (Å²) >= 11 is 5.88. The van der Waals surface area contributed by atoms with Crippen molar-refractivity contribution >= 4 is 28.4 Å². The number of H-pyrrole nitrogens is 1. The molecule has 2 atom stereocenters. The zero-order valence-corrected chi connectivity index (χ0v) is 14.4. The highest BCUT2D eigenvalue weighted by Crippen LogP contribution is 2.36. The summed E-state index contributed by atoms with van der Waals surface area (Å²) in [7, 11) is 0. The lowest BCUT2D eigenvalue weighted by Crippen LogP contribution is -2.67. The van der Waals surface area contributed by atoms with Crippen LogP contribution in [0.2, 0.25) is 5.02 Å². The molecule has 0 radical (unpaired) electrons. The minimum absolute atomic E-state index is 0.158. The van der Waals surface area contributed by atoms with Gasteiger partial charge in [-0.3, -0.25) is 4.79 Å². The van der Waals surface area contributed by atoms with Gasteiger partial charge in [-0.05, 0) is 24.1 Å². The molecule has 0 spiro atoms. The highest BCUT2D eigenvalue weighted by atomic mass is 35.5. The Hall–Kier alpha value is -2.11. The van der Waals surface area contributed by atoms with Gasteiger partial charge >= 0.3 is 0 Å². The molecule has 1 aromatic carbocycles. The fourth-order valence-electron chi connectivity index (χ4n) is 3.66. The summed E-state index contributed by atoms with van der Waals surface area (Å²) in [5, 5.41) is 3.98. The average molecular weight is 361 g/mol. The van der Waals surface area contributed by atoms with Gasteiger partial charge < -0.3 is 15.0 Å². The van der Waals surface area contributed by atoms with Gasteiger partial charge in [-0.1, -0.05) is 42.8 Å². The number of benzene rings is 1. The Kier molecular flexibility index (Phi) is 3.93. The van der Waals surface area contributed by atoms with Crippen molar-refractivity contribution in [3.05, 3.63) is 59.0 Å². The molecule has 2 aromatic rings. The lowest BCUT2D eigenvalue weighted by atomic mass is 9.73. The number of ether oxygens (including phenoxy) is 1. The number of carbonyl (C=O) groups excluding carboxylic acids is 1. The average Bonchev–Trinajstić information content (AvgIpc) is 2.96. The maximum absolute atomic E-state index is 14.0. The lowest BCUT2D eigenvalue weighted by Gasteiger charge is -2.48. The van der Waals surface area contributed by atoms with Crippen LogP contribution in [-0.4, -0.2) is 29.6 Å². The first kappa shape index (κ1) is 16.4. The third kappa shape index (κ3) is 2.77. The van der Waals surface area contributed by atoms with Crippen molar-refractivity contribution in [3.8, 4) is 0 Å². The molecule has 1 amide bonds. The number of rotatable bonds is 3. The second-order valence-electron chi connectivity index (χ2n) is 6.79. The molecule has 2 heterocycles. The molecule has 1 saturated heterocycles. The van der Waals surface area contributed by atoms with Crippen LogP contribution >= 0.6 is 11.6 Å². The van der Waals surface area contributed by atoms with E-state index in [0.29, 0.717) is 35.2 Å². The summed E-state index contributed by atoms with van der Waals surface area (Å²) in [6.07, 6.45) is 8.24. The van der Waals surface area contributed by atoms with E-state index in [0.717, 1.165) is 0 Å². The van der Waals surface area contributed by atoms with Crippen molar-refractivity contribution in [3.63, 3.8) is 0 Å². The number of aromatic amines is 1. The zero-order valence-electron chi connectivity index (χ0n) is 13.7. The van der Waals surface area contributed by atoms with Gasteiger partial charge in [0.15, 0.2) is 0 Å². The number of nitrogens with one attached hydrogen (secondary N) is 2. The summed E-state index contributed by atoms with van der Waals surface area (Å²) in [5.41, 5.74) is 0.151. The molecule has 2 aliphatic rings. The number of amides is 1. The van der Waals surface area contributed by atoms with Crippen molar-refractivity contribution in [2.24, 2.45) is 11.8 Å². The number of hydrogen-bond acceptors (Lipinski definition) is 2. The highest BCUT2D eigenvalue weighted by molar-refractivity contribution is 6.31. The quantitative estimate of drug-likeness (QED) is 0.873. The second kappa shape index (κ2) is 6.00. The van der Waals surface area contributed by atoms with E-state index >= 15 is 0 Å². The van der Waals surface area contributed by atoms with Crippen molar-refractivity contribution in [2.45, 2.75) is 12.5 Å². The Labute approximate surface area is 149 Å². The molecule has 4 nitrogen and oxygen atoms in total. The first-order valence-electron chi connectivity index (χ1n) is 8.21. The standard InChI is InChI=1S/C19H18ClFN2O2/c1-11-4-2-3-5-14(11)19(9-25-10-19)23-18(24)16-7-12-6-13(20)8-15(21)17(12)22-16/h2-8,11,14,22H,9-10H2,1H3,(H,23,24). The maximum Gasteiger partial charge on any atom is 0.268 e. The molecule has 2 unspecified atom stereocenters. The Morgan fingerprint density at radius 2 is 2.08 bits per heavy atom. The van der Waals surface area contributed by atoms with E-state index in [-0.39, 0.29) is 17.3 Å². The third-order valence-corrected chi connectivity index (χ3v) is 5.24. The SMILES string of the molecule is CC1C=CC=CC1C1(NC(=O)c2cc3cc(Cl)cc(F)c3[nH]2)COC1. The zero-order chi connectivity index (χ0) is 17.6. The predicted molar refractivity (Wildman–Crippen MR) is 95.2 cm³/mol. The van der Waals surface area contributed by atoms with Crippen LogP contribution in [-0.2, 0) is 4.74 Å². The molecule has 0 saturated carbocycles. The van der Waals surface area contributed by atoms with Gasteiger partial charge in [-0.25, -0.2) is 4.39 Å². The maximum atomic E-state index is 14.0. The summed E-state index contributed by atoms with van der Waals surface area (Å²) in [5.74, 6) is -0.290. The molecular formula is C19H18ClFN2O2. The van der Waals surface area contributed by atoms with Crippen LogP contribution in [0, 0.1) is 17.7 Å². The number of hydrogen-bond donors (Lipinski definition) is 2. The second-order valence-corrected chi connectivity index (χ2v) is 7.23. The van der Waals surface area contributed by atoms with Crippen molar-refractivity contribution < 1.29 is 13.9 Å². The van der Waals surface area contributed by atoms with Gasteiger partial charge in [-0.2, -0.15) is 0 Å². The lowest BCUT2D eigenvalue weighted by molar-refractivity contribution is -0.0956. The first-order valence-corrected chi connectivity index (χ1v) is 8.59. The molecule has 1 aliphatic heterocycles. The molecule has 2 N–H and O–H groups in total. The van der Waals surface area contributed by atoms with E-state index < -0.39 is 11.4 Å². The fraction of sp³-hybridized carbons (Fsp3) is 0.316. The number of allylic oxidation sites excluding steroid dienone is 3. The van der Waals surface area contributed by atoms with Crippen LogP contribution in [0.1, 0.15) is 17.4 Å². The molecule has 25 heavy (non-hydrogen) atoms. The Morgan fingerprint density at radius 1 is 1.32 bits per heavy atom. The fourth-order valence-corrected chi connectivity index (χ4v) is 3.87. The first-order chi connectivity index (χ1) is 12.0. The number of aromatic nitrogens is 1. The topological polar surface area (TPSA) is 54.1 Å². The molecule has 1 aliphatic carbocycles. The number of fused-ring (bicyclic) bond motifs is 1. The van der Waals surface area contributed by atoms with Gasteiger partial charge in [0.1, 0.15) is 11.5 Å². The molecular weight excluding hydrogens is 343 g/mol. The smallest absolute Gasteiger partial charge is 0.268 e. The number of halogens is 2. The minimum atomic E-state index is -0.475. The summed E-state index contributed by atoms with van der Waals surface area (Å²) in [6.45, 7) is 3.05. The minimum Gasteiger partial charge on any atom is -0.376 e. The molecule has 6 heteroatoms. The van der Waals surface area contributed by atoms with E-state index in [1.54, 1.807) is 12.1 Å². The molecule has 1 fully saturated rings. The van der Waals surface area contributed by atoms with Gasteiger partial charge in [0.25, 0.3) is 5.91 Å². The van der Waals surface area contributed by atoms with Gasteiger partial charge in [0.05, 0.1) is 24.3 Å². The van der Waals surface area contributed by atoms with Crippen molar-refractivity contribution in [1.82, 2.24) is 10.3 Å². The van der Waals surface area contributed by atoms with E-state index in [2.05, 4.69) is 29.4 Å². The van der Waals surface area contributed by atoms with Crippen LogP contribution in [0.5, 0.6) is 0 Å². The third-order valence-electron chi connectivity index (χ3n) is 5.02.